The van der Waals surface area contributed by atoms with Gasteiger partial charge in [0.1, 0.15) is 5.75 Å². The van der Waals surface area contributed by atoms with Crippen LogP contribution < -0.4 is 9.84 Å². The van der Waals surface area contributed by atoms with Crippen LogP contribution in [0.15, 0.2) is 47.6 Å². The Bertz CT molecular complexity index is 992. The van der Waals surface area contributed by atoms with Crippen molar-refractivity contribution in [1.82, 2.24) is 0 Å². The van der Waals surface area contributed by atoms with Crippen LogP contribution in [-0.4, -0.2) is 29.9 Å². The van der Waals surface area contributed by atoms with Crippen LogP contribution in [0.3, 0.4) is 0 Å². The predicted octanol–water partition coefficient (Wildman–Crippen LogP) is 4.63. The van der Waals surface area contributed by atoms with Crippen LogP contribution in [0.4, 0.5) is 26.3 Å². The van der Waals surface area contributed by atoms with Gasteiger partial charge in [0.05, 0.1) is 30.6 Å². The summed E-state index contributed by atoms with van der Waals surface area (Å²) in [5.74, 6) is -0.486. The molecule has 0 saturated heterocycles. The summed E-state index contributed by atoms with van der Waals surface area (Å²) >= 11 is 0. The van der Waals surface area contributed by atoms with Gasteiger partial charge in [-0.1, -0.05) is 16.8 Å². The van der Waals surface area contributed by atoms with E-state index in [0.29, 0.717) is 43.7 Å². The fourth-order valence-electron chi connectivity index (χ4n) is 3.40. The van der Waals surface area contributed by atoms with E-state index in [9.17, 15) is 31.4 Å². The monoisotopic (exact) mass is 458 g/mol. The van der Waals surface area contributed by atoms with Gasteiger partial charge in [0.25, 0.3) is 0 Å². The minimum atomic E-state index is -5.03. The Balaban J connectivity index is 1.99. The average molecular weight is 458 g/mol. The third kappa shape index (κ3) is 5.80. The first-order valence-electron chi connectivity index (χ1n) is 9.78. The number of rotatable bonds is 5. The van der Waals surface area contributed by atoms with E-state index in [4.69, 9.17) is 4.74 Å². The summed E-state index contributed by atoms with van der Waals surface area (Å²) in [6.45, 7) is 0.350. The summed E-state index contributed by atoms with van der Waals surface area (Å²) in [4.78, 5) is 0. The first kappa shape index (κ1) is 23.6. The average Bonchev–Trinajstić information content (AvgIpc) is 2.74. The van der Waals surface area contributed by atoms with Gasteiger partial charge in [-0.25, -0.2) is 0 Å². The second-order valence-corrected chi connectivity index (χ2v) is 7.37. The lowest BCUT2D eigenvalue weighted by Gasteiger charge is -2.17. The van der Waals surface area contributed by atoms with Crippen LogP contribution in [0.25, 0.3) is 0 Å². The summed E-state index contributed by atoms with van der Waals surface area (Å²) in [6, 6.07) is 7.99. The van der Waals surface area contributed by atoms with Gasteiger partial charge in [0.2, 0.25) is 0 Å². The molecule has 0 amide bonds. The van der Waals surface area contributed by atoms with Gasteiger partial charge in [0, 0.05) is 12.8 Å². The number of methoxy groups -OCH3 is 1. The van der Waals surface area contributed by atoms with Crippen LogP contribution in [0, 0.1) is 0 Å². The molecule has 0 unspecified atom stereocenters. The maximum atomic E-state index is 13.1. The molecule has 0 aromatic heterocycles. The fourth-order valence-corrected chi connectivity index (χ4v) is 3.40. The van der Waals surface area contributed by atoms with Gasteiger partial charge in [-0.3, -0.25) is 0 Å². The molecule has 3 rings (SSSR count). The van der Waals surface area contributed by atoms with E-state index in [-0.39, 0.29) is 6.07 Å². The summed E-state index contributed by atoms with van der Waals surface area (Å²) in [7, 11) is 1.54. The van der Waals surface area contributed by atoms with E-state index in [1.807, 2.05) is 12.1 Å². The quantitative estimate of drug-likeness (QED) is 0.284. The van der Waals surface area contributed by atoms with E-state index in [1.54, 1.807) is 12.1 Å². The van der Waals surface area contributed by atoms with Gasteiger partial charge in [0.15, 0.2) is 12.3 Å². The first-order chi connectivity index (χ1) is 15.0. The SMILES string of the molecule is COc1ccc(CC2=[N+](/N=C(\[O-])c3cc(C(F)(F)F)cc(C(F)(F)F)c3)CCCC2)cc1. The van der Waals surface area contributed by atoms with Gasteiger partial charge in [-0.2, -0.15) is 26.3 Å². The Hall–Kier alpha value is -3.04. The topological polar surface area (TPSA) is 47.7 Å². The first-order valence-corrected chi connectivity index (χ1v) is 9.78. The molecule has 32 heavy (non-hydrogen) atoms. The van der Waals surface area contributed by atoms with E-state index in [2.05, 4.69) is 5.10 Å². The molecular weight excluding hydrogens is 438 g/mol. The number of nitrogens with zero attached hydrogens (tertiary/aromatic N) is 2. The van der Waals surface area contributed by atoms with E-state index >= 15 is 0 Å². The summed E-state index contributed by atoms with van der Waals surface area (Å²) in [5, 5.41) is 16.4. The Morgan fingerprint density at radius 2 is 1.56 bits per heavy atom. The van der Waals surface area contributed by atoms with Crippen LogP contribution in [0.1, 0.15) is 41.5 Å². The summed E-state index contributed by atoms with van der Waals surface area (Å²) in [5.41, 5.74) is -2.19. The number of hydrazone groups is 1. The van der Waals surface area contributed by atoms with Crippen LogP contribution in [0.2, 0.25) is 0 Å². The molecule has 4 nitrogen and oxygen atoms in total. The number of alkyl halides is 6. The molecule has 0 spiro atoms. The van der Waals surface area contributed by atoms with Crippen molar-refractivity contribution in [3.63, 3.8) is 0 Å². The molecule has 0 fully saturated rings. The van der Waals surface area contributed by atoms with Crippen molar-refractivity contribution in [2.75, 3.05) is 13.7 Å². The number of hydrogen-bond donors (Lipinski definition) is 0. The van der Waals surface area contributed by atoms with E-state index < -0.39 is 34.9 Å². The zero-order valence-corrected chi connectivity index (χ0v) is 17.1. The maximum Gasteiger partial charge on any atom is 0.416 e. The summed E-state index contributed by atoms with van der Waals surface area (Å²) < 4.78 is 85.0. The molecule has 1 aliphatic heterocycles. The zero-order valence-electron chi connectivity index (χ0n) is 17.1. The second kappa shape index (κ2) is 9.22. The zero-order chi connectivity index (χ0) is 23.5. The highest BCUT2D eigenvalue weighted by atomic mass is 19.4. The lowest BCUT2D eigenvalue weighted by Crippen LogP contribution is -2.29. The minimum absolute atomic E-state index is 0.0150. The molecule has 0 bridgehead atoms. The van der Waals surface area contributed by atoms with Gasteiger partial charge in [-0.05, 0) is 53.0 Å². The van der Waals surface area contributed by atoms with Crippen molar-refractivity contribution in [1.29, 1.82) is 0 Å². The molecule has 1 aliphatic rings. The molecule has 10 heteroatoms. The van der Waals surface area contributed by atoms with E-state index in [0.717, 1.165) is 17.7 Å². The van der Waals surface area contributed by atoms with Crippen molar-refractivity contribution in [2.45, 2.75) is 38.0 Å². The predicted molar refractivity (Wildman–Crippen MR) is 104 cm³/mol. The lowest BCUT2D eigenvalue weighted by atomic mass is 10.0. The van der Waals surface area contributed by atoms with Gasteiger partial charge >= 0.3 is 12.4 Å². The molecule has 0 saturated carbocycles. The number of halogens is 6. The van der Waals surface area contributed by atoms with Crippen LogP contribution >= 0.6 is 0 Å². The molecule has 0 aliphatic carbocycles. The van der Waals surface area contributed by atoms with Gasteiger partial charge in [-0.15, -0.1) is 0 Å². The molecule has 172 valence electrons. The number of benzene rings is 2. The van der Waals surface area contributed by atoms with Crippen molar-refractivity contribution in [3.05, 3.63) is 64.7 Å². The number of hydrogen-bond acceptors (Lipinski definition) is 3. The Labute approximate surface area is 180 Å². The molecule has 2 aromatic carbocycles. The largest absolute Gasteiger partial charge is 0.854 e. The van der Waals surface area contributed by atoms with Crippen LogP contribution in [0.5, 0.6) is 5.75 Å². The highest BCUT2D eigenvalue weighted by Gasteiger charge is 2.37. The minimum Gasteiger partial charge on any atom is -0.854 e. The lowest BCUT2D eigenvalue weighted by molar-refractivity contribution is -0.543. The second-order valence-electron chi connectivity index (χ2n) is 7.37. The smallest absolute Gasteiger partial charge is 0.416 e. The normalized spacial score (nSPS) is 15.8. The van der Waals surface area contributed by atoms with Crippen molar-refractivity contribution in [2.24, 2.45) is 5.10 Å². The summed E-state index contributed by atoms with van der Waals surface area (Å²) in [6.07, 6.45) is -7.48. The van der Waals surface area contributed by atoms with Crippen molar-refractivity contribution in [3.8, 4) is 5.75 Å². The van der Waals surface area contributed by atoms with E-state index in [1.165, 1.54) is 11.8 Å². The Kier molecular flexibility index (Phi) is 6.80. The molecule has 0 radical (unpaired) electrons. The van der Waals surface area contributed by atoms with Gasteiger partial charge < -0.3 is 9.84 Å². The molecule has 1 heterocycles. The third-order valence-electron chi connectivity index (χ3n) is 5.06. The van der Waals surface area contributed by atoms with Crippen molar-refractivity contribution < 1.29 is 40.9 Å². The van der Waals surface area contributed by atoms with Crippen LogP contribution in [-0.2, 0) is 18.8 Å². The Morgan fingerprint density at radius 1 is 0.969 bits per heavy atom. The fraction of sp³-hybridized carbons (Fsp3) is 0.364. The number of ether oxygens (including phenoxy) is 1. The Morgan fingerprint density at radius 3 is 2.09 bits per heavy atom. The molecular formula is C22H20F6N2O2. The highest BCUT2D eigenvalue weighted by Crippen LogP contribution is 2.36. The maximum absolute atomic E-state index is 13.1. The van der Waals surface area contributed by atoms with Crippen molar-refractivity contribution >= 4 is 11.6 Å². The molecule has 2 aromatic rings. The third-order valence-corrected chi connectivity index (χ3v) is 5.06. The standard InChI is InChI=1S/C22H20F6N2O2/c1-32-19-7-5-14(6-8-19)10-18-4-2-3-9-30(18)29-20(31)15-11-16(21(23,24)25)13-17(12-15)22(26,27)28/h5-8,11-13H,2-4,9-10H2,1H3. The molecule has 0 atom stereocenters. The highest BCUT2D eigenvalue weighted by molar-refractivity contribution is 5.91. The molecule has 0 N–H and O–H groups in total.